The molecular formula is C11H18N2O. The van der Waals surface area contributed by atoms with Gasteiger partial charge in [-0.25, -0.2) is 4.98 Å². The van der Waals surface area contributed by atoms with Crippen molar-refractivity contribution in [3.63, 3.8) is 0 Å². The molecule has 0 spiro atoms. The number of rotatable bonds is 4. The molecule has 0 aliphatic heterocycles. The first-order valence-corrected chi connectivity index (χ1v) is 5.51. The summed E-state index contributed by atoms with van der Waals surface area (Å²) in [5.74, 6) is 1.94. The Morgan fingerprint density at radius 1 is 1.50 bits per heavy atom. The summed E-state index contributed by atoms with van der Waals surface area (Å²) in [5, 5.41) is 2.90. The molecule has 0 bridgehead atoms. The average molecular weight is 194 g/mol. The molecule has 2 rings (SSSR count). The van der Waals surface area contributed by atoms with Crippen molar-refractivity contribution in [2.75, 3.05) is 12.4 Å². The van der Waals surface area contributed by atoms with Crippen LogP contribution in [-0.4, -0.2) is 12.0 Å². The Bertz CT molecular complexity index is 277. The van der Waals surface area contributed by atoms with Gasteiger partial charge in [-0.1, -0.05) is 25.7 Å². The van der Waals surface area contributed by atoms with E-state index < -0.39 is 0 Å². The fourth-order valence-electron chi connectivity index (χ4n) is 2.18. The zero-order chi connectivity index (χ0) is 9.80. The predicted molar refractivity (Wildman–Crippen MR) is 56.3 cm³/mol. The summed E-state index contributed by atoms with van der Waals surface area (Å²) < 4.78 is 5.47. The largest absolute Gasteiger partial charge is 0.429 e. The maximum absolute atomic E-state index is 5.47. The van der Waals surface area contributed by atoms with Crippen LogP contribution in [0.4, 0.5) is 6.01 Å². The number of anilines is 1. The van der Waals surface area contributed by atoms with Gasteiger partial charge in [0.2, 0.25) is 0 Å². The molecule has 1 aliphatic carbocycles. The molecule has 1 aromatic rings. The molecule has 0 aromatic carbocycles. The standard InChI is InChI=1S/C11H18N2O/c1-12-11-13-8-10(14-11)7-6-9-4-2-3-5-9/h8-9H,2-7H2,1H3,(H,12,13). The Morgan fingerprint density at radius 3 is 2.93 bits per heavy atom. The van der Waals surface area contributed by atoms with E-state index in [1.54, 1.807) is 0 Å². The van der Waals surface area contributed by atoms with Gasteiger partial charge < -0.3 is 9.73 Å². The lowest BCUT2D eigenvalue weighted by molar-refractivity contribution is 0.453. The van der Waals surface area contributed by atoms with Gasteiger partial charge in [0.1, 0.15) is 5.76 Å². The summed E-state index contributed by atoms with van der Waals surface area (Å²) in [7, 11) is 1.83. The molecule has 1 heterocycles. The van der Waals surface area contributed by atoms with Gasteiger partial charge in [0.05, 0.1) is 6.20 Å². The highest BCUT2D eigenvalue weighted by Gasteiger charge is 2.15. The minimum absolute atomic E-state index is 0.631. The summed E-state index contributed by atoms with van der Waals surface area (Å²) in [5.41, 5.74) is 0. The summed E-state index contributed by atoms with van der Waals surface area (Å²) >= 11 is 0. The minimum atomic E-state index is 0.631. The Labute approximate surface area is 84.9 Å². The first-order chi connectivity index (χ1) is 6.88. The molecule has 0 radical (unpaired) electrons. The van der Waals surface area contributed by atoms with Crippen molar-refractivity contribution in [3.05, 3.63) is 12.0 Å². The molecule has 0 atom stereocenters. The van der Waals surface area contributed by atoms with Crippen LogP contribution in [0.1, 0.15) is 37.9 Å². The van der Waals surface area contributed by atoms with Crippen molar-refractivity contribution >= 4 is 6.01 Å². The van der Waals surface area contributed by atoms with Gasteiger partial charge in [-0.2, -0.15) is 0 Å². The van der Waals surface area contributed by atoms with E-state index in [1.807, 2.05) is 13.2 Å². The molecule has 1 fully saturated rings. The molecule has 1 aliphatic rings. The fourth-order valence-corrected chi connectivity index (χ4v) is 2.18. The Morgan fingerprint density at radius 2 is 2.29 bits per heavy atom. The number of hydrogen-bond donors (Lipinski definition) is 1. The summed E-state index contributed by atoms with van der Waals surface area (Å²) in [6.45, 7) is 0. The van der Waals surface area contributed by atoms with Gasteiger partial charge in [-0.15, -0.1) is 0 Å². The molecule has 3 nitrogen and oxygen atoms in total. The zero-order valence-corrected chi connectivity index (χ0v) is 8.75. The van der Waals surface area contributed by atoms with Crippen LogP contribution in [-0.2, 0) is 6.42 Å². The van der Waals surface area contributed by atoms with Crippen LogP contribution in [0, 0.1) is 5.92 Å². The number of hydrogen-bond acceptors (Lipinski definition) is 3. The van der Waals surface area contributed by atoms with Crippen molar-refractivity contribution in [1.29, 1.82) is 0 Å². The average Bonchev–Trinajstić information content (AvgIpc) is 2.86. The van der Waals surface area contributed by atoms with Gasteiger partial charge >= 0.3 is 0 Å². The molecule has 1 saturated carbocycles. The third-order valence-corrected chi connectivity index (χ3v) is 3.04. The van der Waals surface area contributed by atoms with Crippen molar-refractivity contribution in [2.24, 2.45) is 5.92 Å². The van der Waals surface area contributed by atoms with E-state index in [-0.39, 0.29) is 0 Å². The molecule has 0 saturated heterocycles. The van der Waals surface area contributed by atoms with Crippen LogP contribution >= 0.6 is 0 Å². The highest BCUT2D eigenvalue weighted by Crippen LogP contribution is 2.28. The third-order valence-electron chi connectivity index (χ3n) is 3.04. The summed E-state index contributed by atoms with van der Waals surface area (Å²) in [6, 6.07) is 0.631. The van der Waals surface area contributed by atoms with E-state index in [9.17, 15) is 0 Å². The number of aryl methyl sites for hydroxylation is 1. The normalized spacial score (nSPS) is 17.5. The highest BCUT2D eigenvalue weighted by molar-refractivity contribution is 5.18. The SMILES string of the molecule is CNc1ncc(CCC2CCCC2)o1. The lowest BCUT2D eigenvalue weighted by atomic mass is 10.0. The lowest BCUT2D eigenvalue weighted by Crippen LogP contribution is -1.95. The maximum atomic E-state index is 5.47. The number of oxazole rings is 1. The minimum Gasteiger partial charge on any atom is -0.429 e. The van der Waals surface area contributed by atoms with Crippen molar-refractivity contribution < 1.29 is 4.42 Å². The summed E-state index contributed by atoms with van der Waals surface area (Å²) in [4.78, 5) is 4.10. The smallest absolute Gasteiger partial charge is 0.294 e. The molecular weight excluding hydrogens is 176 g/mol. The molecule has 0 amide bonds. The number of aromatic nitrogens is 1. The van der Waals surface area contributed by atoms with Crippen molar-refractivity contribution in [1.82, 2.24) is 4.98 Å². The van der Waals surface area contributed by atoms with Crippen molar-refractivity contribution in [2.45, 2.75) is 38.5 Å². The third kappa shape index (κ3) is 2.28. The zero-order valence-electron chi connectivity index (χ0n) is 8.75. The van der Waals surface area contributed by atoms with Crippen LogP contribution in [0.3, 0.4) is 0 Å². The van der Waals surface area contributed by atoms with E-state index >= 15 is 0 Å². The van der Waals surface area contributed by atoms with Gasteiger partial charge in [-0.3, -0.25) is 0 Å². The molecule has 1 N–H and O–H groups in total. The van der Waals surface area contributed by atoms with Crippen LogP contribution in [0.2, 0.25) is 0 Å². The first-order valence-electron chi connectivity index (χ1n) is 5.51. The maximum Gasteiger partial charge on any atom is 0.294 e. The van der Waals surface area contributed by atoms with Crippen LogP contribution in [0.15, 0.2) is 10.6 Å². The van der Waals surface area contributed by atoms with Crippen LogP contribution in [0.5, 0.6) is 0 Å². The second-order valence-electron chi connectivity index (χ2n) is 4.07. The first kappa shape index (κ1) is 9.56. The van der Waals surface area contributed by atoms with E-state index in [4.69, 9.17) is 4.42 Å². The van der Waals surface area contributed by atoms with Gasteiger partial charge in [0, 0.05) is 13.5 Å². The predicted octanol–water partition coefficient (Wildman–Crippen LogP) is 2.84. The van der Waals surface area contributed by atoms with Gasteiger partial charge in [0.15, 0.2) is 0 Å². The number of nitrogens with one attached hydrogen (secondary N) is 1. The molecule has 0 unspecified atom stereocenters. The number of nitrogens with zero attached hydrogens (tertiary/aromatic N) is 1. The van der Waals surface area contributed by atoms with E-state index in [0.717, 1.165) is 18.1 Å². The van der Waals surface area contributed by atoms with Gasteiger partial charge in [0.25, 0.3) is 6.01 Å². The molecule has 14 heavy (non-hydrogen) atoms. The molecule has 78 valence electrons. The Hall–Kier alpha value is -0.990. The fraction of sp³-hybridized carbons (Fsp3) is 0.727. The van der Waals surface area contributed by atoms with E-state index in [0.29, 0.717) is 6.01 Å². The topological polar surface area (TPSA) is 38.1 Å². The Balaban J connectivity index is 1.79. The van der Waals surface area contributed by atoms with Crippen LogP contribution < -0.4 is 5.32 Å². The van der Waals surface area contributed by atoms with Crippen LogP contribution in [0.25, 0.3) is 0 Å². The summed E-state index contributed by atoms with van der Waals surface area (Å²) in [6.07, 6.45) is 9.80. The van der Waals surface area contributed by atoms with Gasteiger partial charge in [-0.05, 0) is 12.3 Å². The van der Waals surface area contributed by atoms with E-state index in [1.165, 1.54) is 32.1 Å². The molecule has 1 aromatic heterocycles. The van der Waals surface area contributed by atoms with E-state index in [2.05, 4.69) is 10.3 Å². The second-order valence-corrected chi connectivity index (χ2v) is 4.07. The van der Waals surface area contributed by atoms with Crippen molar-refractivity contribution in [3.8, 4) is 0 Å². The quantitative estimate of drug-likeness (QED) is 0.801. The Kier molecular flexibility index (Phi) is 3.07. The molecule has 3 heteroatoms. The highest BCUT2D eigenvalue weighted by atomic mass is 16.4. The monoisotopic (exact) mass is 194 g/mol. The lowest BCUT2D eigenvalue weighted by Gasteiger charge is -2.05. The second kappa shape index (κ2) is 4.49.